The number of hydrogen-bond donors (Lipinski definition) is 1. The maximum Gasteiger partial charge on any atom is 0.216 e. The molecule has 0 aromatic heterocycles. The molecule has 16 heavy (non-hydrogen) atoms. The smallest absolute Gasteiger partial charge is 0.212 e. The zero-order chi connectivity index (χ0) is 12.2. The SMILES string of the molecule is CC[C@H](C)NS(=O)(=O)Cc1ccccc1Cl. The van der Waals surface area contributed by atoms with E-state index < -0.39 is 10.0 Å². The summed E-state index contributed by atoms with van der Waals surface area (Å²) in [5.74, 6) is -0.0724. The summed E-state index contributed by atoms with van der Waals surface area (Å²) >= 11 is 5.91. The summed E-state index contributed by atoms with van der Waals surface area (Å²) < 4.78 is 26.1. The predicted octanol–water partition coefficient (Wildman–Crippen LogP) is 2.56. The van der Waals surface area contributed by atoms with Crippen LogP contribution < -0.4 is 4.72 Å². The molecule has 0 saturated heterocycles. The maximum absolute atomic E-state index is 11.8. The summed E-state index contributed by atoms with van der Waals surface area (Å²) in [5.41, 5.74) is 0.625. The molecule has 5 heteroatoms. The fourth-order valence-corrected chi connectivity index (χ4v) is 3.06. The topological polar surface area (TPSA) is 46.2 Å². The quantitative estimate of drug-likeness (QED) is 0.886. The summed E-state index contributed by atoms with van der Waals surface area (Å²) in [4.78, 5) is 0. The molecule has 3 nitrogen and oxygen atoms in total. The van der Waals surface area contributed by atoms with Crippen molar-refractivity contribution in [3.63, 3.8) is 0 Å². The van der Waals surface area contributed by atoms with E-state index in [2.05, 4.69) is 4.72 Å². The van der Waals surface area contributed by atoms with Gasteiger partial charge in [0.05, 0.1) is 5.75 Å². The lowest BCUT2D eigenvalue weighted by Gasteiger charge is -2.12. The van der Waals surface area contributed by atoms with Crippen molar-refractivity contribution in [2.45, 2.75) is 32.1 Å². The van der Waals surface area contributed by atoms with E-state index in [0.29, 0.717) is 10.6 Å². The molecule has 1 N–H and O–H groups in total. The molecule has 0 aliphatic heterocycles. The Hall–Kier alpha value is -0.580. The lowest BCUT2D eigenvalue weighted by Crippen LogP contribution is -2.33. The van der Waals surface area contributed by atoms with E-state index >= 15 is 0 Å². The second kappa shape index (κ2) is 5.66. The molecule has 0 aliphatic rings. The van der Waals surface area contributed by atoms with E-state index in [4.69, 9.17) is 11.6 Å². The third-order valence-corrected chi connectivity index (χ3v) is 4.12. The van der Waals surface area contributed by atoms with Gasteiger partial charge in [-0.25, -0.2) is 13.1 Å². The van der Waals surface area contributed by atoms with Gasteiger partial charge in [-0.2, -0.15) is 0 Å². The van der Waals surface area contributed by atoms with Gasteiger partial charge in [0.2, 0.25) is 10.0 Å². The normalized spacial score (nSPS) is 13.7. The Balaban J connectivity index is 2.77. The number of hydrogen-bond acceptors (Lipinski definition) is 2. The van der Waals surface area contributed by atoms with Crippen LogP contribution in [0.4, 0.5) is 0 Å². The van der Waals surface area contributed by atoms with Crippen molar-refractivity contribution in [1.82, 2.24) is 4.72 Å². The minimum Gasteiger partial charge on any atom is -0.212 e. The third-order valence-electron chi connectivity index (χ3n) is 2.30. The van der Waals surface area contributed by atoms with Crippen molar-refractivity contribution in [2.75, 3.05) is 0 Å². The van der Waals surface area contributed by atoms with E-state index in [1.54, 1.807) is 24.3 Å². The molecule has 0 heterocycles. The first-order valence-corrected chi connectivity index (χ1v) is 7.21. The molecule has 90 valence electrons. The van der Waals surface area contributed by atoms with Crippen LogP contribution in [0.5, 0.6) is 0 Å². The van der Waals surface area contributed by atoms with Gasteiger partial charge in [0.25, 0.3) is 0 Å². The minimum atomic E-state index is -3.30. The van der Waals surface area contributed by atoms with Gasteiger partial charge in [0.15, 0.2) is 0 Å². The molecule has 0 unspecified atom stereocenters. The Bertz CT molecular complexity index is 445. The molecule has 0 fully saturated rings. The van der Waals surface area contributed by atoms with Gasteiger partial charge in [-0.15, -0.1) is 0 Å². The summed E-state index contributed by atoms with van der Waals surface area (Å²) in [5, 5.41) is 0.483. The number of rotatable bonds is 5. The lowest BCUT2D eigenvalue weighted by molar-refractivity contribution is 0.555. The highest BCUT2D eigenvalue weighted by atomic mass is 35.5. The van der Waals surface area contributed by atoms with Crippen LogP contribution in [0.15, 0.2) is 24.3 Å². The largest absolute Gasteiger partial charge is 0.216 e. The Morgan fingerprint density at radius 3 is 2.56 bits per heavy atom. The molecule has 1 rings (SSSR count). The molecule has 0 aliphatic carbocycles. The first-order chi connectivity index (χ1) is 7.44. The molecule has 1 aromatic rings. The minimum absolute atomic E-state index is 0.0486. The Kier molecular flexibility index (Phi) is 4.77. The van der Waals surface area contributed by atoms with Crippen molar-refractivity contribution < 1.29 is 8.42 Å². The summed E-state index contributed by atoms with van der Waals surface area (Å²) in [6.07, 6.45) is 0.766. The number of nitrogens with one attached hydrogen (secondary N) is 1. The van der Waals surface area contributed by atoms with Crippen LogP contribution in [0.3, 0.4) is 0 Å². The van der Waals surface area contributed by atoms with Crippen LogP contribution in [-0.2, 0) is 15.8 Å². The second-order valence-corrected chi connectivity index (χ2v) is 5.94. The van der Waals surface area contributed by atoms with Gasteiger partial charge < -0.3 is 0 Å². The number of halogens is 1. The predicted molar refractivity (Wildman–Crippen MR) is 67.0 cm³/mol. The van der Waals surface area contributed by atoms with Crippen LogP contribution in [0.25, 0.3) is 0 Å². The molecule has 0 spiro atoms. The molecular formula is C11H16ClNO2S. The molecule has 0 saturated carbocycles. The number of sulfonamides is 1. The molecule has 1 aromatic carbocycles. The Morgan fingerprint density at radius 1 is 1.38 bits per heavy atom. The van der Waals surface area contributed by atoms with Crippen molar-refractivity contribution in [3.05, 3.63) is 34.9 Å². The maximum atomic E-state index is 11.8. The van der Waals surface area contributed by atoms with Crippen molar-refractivity contribution in [3.8, 4) is 0 Å². The van der Waals surface area contributed by atoms with E-state index in [9.17, 15) is 8.42 Å². The monoisotopic (exact) mass is 261 g/mol. The molecule has 0 bridgehead atoms. The zero-order valence-corrected chi connectivity index (χ0v) is 11.0. The van der Waals surface area contributed by atoms with Crippen LogP contribution in [-0.4, -0.2) is 14.5 Å². The van der Waals surface area contributed by atoms with Gasteiger partial charge in [0.1, 0.15) is 0 Å². The van der Waals surface area contributed by atoms with Crippen molar-refractivity contribution >= 4 is 21.6 Å². The second-order valence-electron chi connectivity index (χ2n) is 3.78. The van der Waals surface area contributed by atoms with Crippen LogP contribution in [0.1, 0.15) is 25.8 Å². The zero-order valence-electron chi connectivity index (χ0n) is 9.40. The third kappa shape index (κ3) is 4.12. The van der Waals surface area contributed by atoms with Gasteiger partial charge in [-0.3, -0.25) is 0 Å². The van der Waals surface area contributed by atoms with Gasteiger partial charge in [-0.05, 0) is 25.0 Å². The van der Waals surface area contributed by atoms with E-state index in [-0.39, 0.29) is 11.8 Å². The van der Waals surface area contributed by atoms with Gasteiger partial charge in [-0.1, -0.05) is 36.7 Å². The van der Waals surface area contributed by atoms with E-state index in [0.717, 1.165) is 6.42 Å². The highest BCUT2D eigenvalue weighted by Gasteiger charge is 2.15. The van der Waals surface area contributed by atoms with E-state index in [1.165, 1.54) is 0 Å². The highest BCUT2D eigenvalue weighted by Crippen LogP contribution is 2.17. The van der Waals surface area contributed by atoms with Crippen molar-refractivity contribution in [2.24, 2.45) is 0 Å². The highest BCUT2D eigenvalue weighted by molar-refractivity contribution is 7.88. The average Bonchev–Trinajstić information content (AvgIpc) is 2.20. The molecule has 0 radical (unpaired) electrons. The van der Waals surface area contributed by atoms with Gasteiger partial charge in [0, 0.05) is 11.1 Å². The first-order valence-electron chi connectivity index (χ1n) is 5.18. The summed E-state index contributed by atoms with van der Waals surface area (Å²) in [6, 6.07) is 6.92. The fourth-order valence-electron chi connectivity index (χ4n) is 1.25. The summed E-state index contributed by atoms with van der Waals surface area (Å²) in [6.45, 7) is 3.77. The Morgan fingerprint density at radius 2 is 2.00 bits per heavy atom. The summed E-state index contributed by atoms with van der Waals surface area (Å²) in [7, 11) is -3.30. The van der Waals surface area contributed by atoms with Crippen LogP contribution in [0.2, 0.25) is 5.02 Å². The lowest BCUT2D eigenvalue weighted by atomic mass is 10.2. The molecule has 1 atom stereocenters. The van der Waals surface area contributed by atoms with Gasteiger partial charge >= 0.3 is 0 Å². The van der Waals surface area contributed by atoms with Crippen molar-refractivity contribution in [1.29, 1.82) is 0 Å². The number of benzene rings is 1. The van der Waals surface area contributed by atoms with E-state index in [1.807, 2.05) is 13.8 Å². The standard InChI is InChI=1S/C11H16ClNO2S/c1-3-9(2)13-16(14,15)8-10-6-4-5-7-11(10)12/h4-7,9,13H,3,8H2,1-2H3/t9-/m0/s1. The van der Waals surface area contributed by atoms with Crippen LogP contribution in [0, 0.1) is 0 Å². The Labute approximate surface area is 102 Å². The molecular weight excluding hydrogens is 246 g/mol. The molecule has 0 amide bonds. The van der Waals surface area contributed by atoms with Crippen LogP contribution >= 0.6 is 11.6 Å². The average molecular weight is 262 g/mol. The first kappa shape index (κ1) is 13.5. The fraction of sp³-hybridized carbons (Fsp3) is 0.455.